The Hall–Kier alpha value is -2.29. The molecule has 3 heteroatoms. The van der Waals surface area contributed by atoms with E-state index in [4.69, 9.17) is 4.74 Å². The van der Waals surface area contributed by atoms with Gasteiger partial charge < -0.3 is 9.84 Å². The quantitative estimate of drug-likeness (QED) is 0.838. The van der Waals surface area contributed by atoms with Crippen molar-refractivity contribution in [3.63, 3.8) is 0 Å². The minimum absolute atomic E-state index is 0.180. The topological polar surface area (TPSA) is 46.5 Å². The van der Waals surface area contributed by atoms with Crippen LogP contribution in [0.2, 0.25) is 0 Å². The van der Waals surface area contributed by atoms with Crippen LogP contribution in [0.25, 0.3) is 11.1 Å². The van der Waals surface area contributed by atoms with Crippen LogP contribution >= 0.6 is 0 Å². The molecule has 1 N–H and O–H groups in total. The van der Waals surface area contributed by atoms with Gasteiger partial charge in [0.05, 0.1) is 0 Å². The largest absolute Gasteiger partial charge is 0.507 e. The summed E-state index contributed by atoms with van der Waals surface area (Å²) in [4.78, 5) is 11.4. The van der Waals surface area contributed by atoms with Gasteiger partial charge in [-0.25, -0.2) is 0 Å². The maximum absolute atomic E-state index is 11.4. The van der Waals surface area contributed by atoms with Crippen LogP contribution < -0.4 is 0 Å². The summed E-state index contributed by atoms with van der Waals surface area (Å²) >= 11 is 0. The van der Waals surface area contributed by atoms with Crippen LogP contribution in [-0.4, -0.2) is 11.1 Å². The molecule has 0 saturated heterocycles. The van der Waals surface area contributed by atoms with Crippen molar-refractivity contribution in [3.05, 3.63) is 54.1 Å². The molecule has 3 nitrogen and oxygen atoms in total. The molecule has 0 amide bonds. The van der Waals surface area contributed by atoms with E-state index in [1.54, 1.807) is 12.1 Å². The number of carbonyl (C=O) groups excluding carboxylic acids is 1. The van der Waals surface area contributed by atoms with Gasteiger partial charge in [-0.2, -0.15) is 0 Å². The lowest BCUT2D eigenvalue weighted by Crippen LogP contribution is -2.03. The number of esters is 1. The third-order valence-electron chi connectivity index (χ3n) is 3.00. The van der Waals surface area contributed by atoms with Gasteiger partial charge in [-0.05, 0) is 29.7 Å². The fraction of sp³-hybridized carbons (Fsp3) is 0.235. The Bertz CT molecular complexity index is 590. The van der Waals surface area contributed by atoms with E-state index < -0.39 is 0 Å². The van der Waals surface area contributed by atoms with Crippen LogP contribution in [0.15, 0.2) is 48.5 Å². The first-order chi connectivity index (χ1) is 9.70. The molecule has 0 heterocycles. The van der Waals surface area contributed by atoms with Crippen molar-refractivity contribution in [2.24, 2.45) is 0 Å². The Morgan fingerprint density at radius 2 is 1.95 bits per heavy atom. The van der Waals surface area contributed by atoms with Gasteiger partial charge in [0.1, 0.15) is 12.4 Å². The third kappa shape index (κ3) is 3.60. The summed E-state index contributed by atoms with van der Waals surface area (Å²) in [5.41, 5.74) is 2.59. The zero-order valence-corrected chi connectivity index (χ0v) is 11.5. The molecule has 2 aromatic rings. The molecular formula is C17H18O3. The predicted octanol–water partition coefficient (Wildman–Crippen LogP) is 3.90. The average Bonchev–Trinajstić information content (AvgIpc) is 2.46. The van der Waals surface area contributed by atoms with Crippen molar-refractivity contribution in [1.29, 1.82) is 0 Å². The van der Waals surface area contributed by atoms with E-state index in [9.17, 15) is 9.90 Å². The third-order valence-corrected chi connectivity index (χ3v) is 3.00. The number of para-hydroxylation sites is 1. The minimum Gasteiger partial charge on any atom is -0.507 e. The molecule has 0 fully saturated rings. The van der Waals surface area contributed by atoms with Gasteiger partial charge in [0, 0.05) is 12.0 Å². The van der Waals surface area contributed by atoms with Crippen molar-refractivity contribution in [2.45, 2.75) is 26.4 Å². The van der Waals surface area contributed by atoms with E-state index in [2.05, 4.69) is 0 Å². The Balaban J connectivity index is 2.12. The number of hydrogen-bond donors (Lipinski definition) is 1. The molecular weight excluding hydrogens is 252 g/mol. The lowest BCUT2D eigenvalue weighted by molar-refractivity contribution is -0.144. The molecule has 0 aliphatic carbocycles. The second kappa shape index (κ2) is 6.75. The number of rotatable bonds is 5. The Morgan fingerprint density at radius 1 is 1.15 bits per heavy atom. The lowest BCUT2D eigenvalue weighted by atomic mass is 10.0. The van der Waals surface area contributed by atoms with Crippen molar-refractivity contribution in [2.75, 3.05) is 0 Å². The SMILES string of the molecule is CCCC(=O)OCc1cccc(-c2ccccc2O)c1. The normalized spacial score (nSPS) is 10.2. The van der Waals surface area contributed by atoms with E-state index in [-0.39, 0.29) is 18.3 Å². The summed E-state index contributed by atoms with van der Waals surface area (Å²) in [5, 5.41) is 9.86. The Kier molecular flexibility index (Phi) is 4.77. The maximum atomic E-state index is 11.4. The highest BCUT2D eigenvalue weighted by Crippen LogP contribution is 2.29. The minimum atomic E-state index is -0.180. The van der Waals surface area contributed by atoms with Crippen molar-refractivity contribution < 1.29 is 14.6 Å². The zero-order chi connectivity index (χ0) is 14.4. The highest BCUT2D eigenvalue weighted by molar-refractivity contribution is 5.71. The standard InChI is InChI=1S/C17H18O3/c1-2-6-17(19)20-12-13-7-5-8-14(11-13)15-9-3-4-10-16(15)18/h3-5,7-11,18H,2,6,12H2,1H3. The highest BCUT2D eigenvalue weighted by atomic mass is 16.5. The zero-order valence-electron chi connectivity index (χ0n) is 11.5. The number of hydrogen-bond acceptors (Lipinski definition) is 3. The summed E-state index contributed by atoms with van der Waals surface area (Å²) in [7, 11) is 0. The van der Waals surface area contributed by atoms with Gasteiger partial charge in [-0.3, -0.25) is 4.79 Å². The first-order valence-electron chi connectivity index (χ1n) is 6.73. The first kappa shape index (κ1) is 14.1. The van der Waals surface area contributed by atoms with E-state index >= 15 is 0 Å². The first-order valence-corrected chi connectivity index (χ1v) is 6.73. The molecule has 0 bridgehead atoms. The van der Waals surface area contributed by atoms with Crippen LogP contribution in [0.5, 0.6) is 5.75 Å². The van der Waals surface area contributed by atoms with Gasteiger partial charge in [0.15, 0.2) is 0 Å². The lowest BCUT2D eigenvalue weighted by Gasteiger charge is -2.08. The molecule has 2 rings (SSSR count). The maximum Gasteiger partial charge on any atom is 0.306 e. The smallest absolute Gasteiger partial charge is 0.306 e. The molecule has 0 radical (unpaired) electrons. The number of carbonyl (C=O) groups is 1. The fourth-order valence-electron chi connectivity index (χ4n) is 1.99. The van der Waals surface area contributed by atoms with E-state index in [1.165, 1.54) is 0 Å². The van der Waals surface area contributed by atoms with Crippen molar-refractivity contribution in [1.82, 2.24) is 0 Å². The molecule has 0 unspecified atom stereocenters. The summed E-state index contributed by atoms with van der Waals surface area (Å²) < 4.78 is 5.19. The second-order valence-electron chi connectivity index (χ2n) is 4.63. The summed E-state index contributed by atoms with van der Waals surface area (Å²) in [6.45, 7) is 2.21. The monoisotopic (exact) mass is 270 g/mol. The van der Waals surface area contributed by atoms with Crippen LogP contribution in [0, 0.1) is 0 Å². The van der Waals surface area contributed by atoms with Crippen LogP contribution in [-0.2, 0) is 16.1 Å². The molecule has 0 aliphatic heterocycles. The van der Waals surface area contributed by atoms with Crippen molar-refractivity contribution in [3.8, 4) is 16.9 Å². The molecule has 0 saturated carbocycles. The van der Waals surface area contributed by atoms with Crippen LogP contribution in [0.3, 0.4) is 0 Å². The molecule has 20 heavy (non-hydrogen) atoms. The molecule has 0 spiro atoms. The Morgan fingerprint density at radius 3 is 2.70 bits per heavy atom. The van der Waals surface area contributed by atoms with Gasteiger partial charge >= 0.3 is 5.97 Å². The summed E-state index contributed by atoms with van der Waals surface area (Å²) in [6, 6.07) is 14.8. The van der Waals surface area contributed by atoms with Crippen LogP contribution in [0.4, 0.5) is 0 Å². The average molecular weight is 270 g/mol. The molecule has 0 aliphatic rings. The molecule has 104 valence electrons. The number of ether oxygens (including phenoxy) is 1. The molecule has 2 aromatic carbocycles. The van der Waals surface area contributed by atoms with Gasteiger partial charge in [0.2, 0.25) is 0 Å². The number of benzene rings is 2. The number of phenols is 1. The van der Waals surface area contributed by atoms with Gasteiger partial charge in [0.25, 0.3) is 0 Å². The van der Waals surface area contributed by atoms with E-state index in [0.29, 0.717) is 6.42 Å². The van der Waals surface area contributed by atoms with E-state index in [0.717, 1.165) is 23.1 Å². The summed E-state index contributed by atoms with van der Waals surface area (Å²) in [6.07, 6.45) is 1.23. The van der Waals surface area contributed by atoms with E-state index in [1.807, 2.05) is 43.3 Å². The molecule has 0 aromatic heterocycles. The van der Waals surface area contributed by atoms with Crippen molar-refractivity contribution >= 4 is 5.97 Å². The predicted molar refractivity (Wildman–Crippen MR) is 78.2 cm³/mol. The summed E-state index contributed by atoms with van der Waals surface area (Å²) in [5.74, 6) is 0.0630. The van der Waals surface area contributed by atoms with Crippen LogP contribution in [0.1, 0.15) is 25.3 Å². The second-order valence-corrected chi connectivity index (χ2v) is 4.63. The van der Waals surface area contributed by atoms with Gasteiger partial charge in [-0.15, -0.1) is 0 Å². The number of phenolic OH excluding ortho intramolecular Hbond substituents is 1. The van der Waals surface area contributed by atoms with Gasteiger partial charge in [-0.1, -0.05) is 43.3 Å². The Labute approximate surface area is 118 Å². The fourth-order valence-corrected chi connectivity index (χ4v) is 1.99. The number of aromatic hydroxyl groups is 1. The molecule has 0 atom stereocenters. The highest BCUT2D eigenvalue weighted by Gasteiger charge is 2.05.